The molecule has 1 radical (unpaired) electrons. The Morgan fingerprint density at radius 2 is 1.12 bits per heavy atom. The largest absolute Gasteiger partial charge is 0.373 e. The molecule has 9 unspecified atom stereocenters. The monoisotopic (exact) mass is 930 g/mol. The molecule has 0 spiro atoms. The second-order valence-corrected chi connectivity index (χ2v) is 23.0. The molecule has 67 heavy (non-hydrogen) atoms. The van der Waals surface area contributed by atoms with Crippen LogP contribution < -0.4 is 21.3 Å². The van der Waals surface area contributed by atoms with Gasteiger partial charge in [-0.3, -0.25) is 14.5 Å². The van der Waals surface area contributed by atoms with Crippen LogP contribution in [0.15, 0.2) is 84.0 Å². The fourth-order valence-corrected chi connectivity index (χ4v) is 15.7. The van der Waals surface area contributed by atoms with Crippen molar-refractivity contribution < 1.29 is 9.59 Å². The first-order valence-corrected chi connectivity index (χ1v) is 27.7. The summed E-state index contributed by atoms with van der Waals surface area (Å²) in [7, 11) is 0. The highest BCUT2D eigenvalue weighted by Gasteiger charge is 2.57. The molecule has 1 aromatic rings. The number of piperazine rings is 4. The van der Waals surface area contributed by atoms with Crippen LogP contribution in [0.5, 0.6) is 0 Å². The molecular formula is C56H81N8O2S. The summed E-state index contributed by atoms with van der Waals surface area (Å²) in [6.07, 6.45) is 31.0. The predicted molar refractivity (Wildman–Crippen MR) is 274 cm³/mol. The zero-order valence-corrected chi connectivity index (χ0v) is 41.3. The van der Waals surface area contributed by atoms with Crippen LogP contribution in [0.25, 0.3) is 0 Å². The van der Waals surface area contributed by atoms with Crippen molar-refractivity contribution in [2.45, 2.75) is 98.1 Å². The Morgan fingerprint density at radius 3 is 1.73 bits per heavy atom. The summed E-state index contributed by atoms with van der Waals surface area (Å²) < 4.78 is 0. The Balaban J connectivity index is 0.000000525. The van der Waals surface area contributed by atoms with Gasteiger partial charge in [0, 0.05) is 144 Å². The van der Waals surface area contributed by atoms with Gasteiger partial charge in [0.25, 0.3) is 0 Å². The van der Waals surface area contributed by atoms with E-state index in [-0.39, 0.29) is 11.8 Å². The SMILES string of the molecule is C=C(C1CC(C(=O)N2CCNCC2)CC(c2ccc3c(c2)C2CC(C4CC(C(=O)N5CCNCC5)CC(C5(N6CCNCC6)CC5)C4)CCC2S3)C1)N1CCNCC1.[CH]1\C=C/C=C\C=C/C=C\1. The number of carbonyl (C=O) groups excluding carboxylic acids is 2. The Kier molecular flexibility index (Phi) is 15.8. The second kappa shape index (κ2) is 22.3. The zero-order chi connectivity index (χ0) is 45.6. The van der Waals surface area contributed by atoms with E-state index in [4.69, 9.17) is 6.58 Å². The lowest BCUT2D eigenvalue weighted by atomic mass is 9.62. The molecule has 11 heteroatoms. The molecule has 0 aromatic heterocycles. The van der Waals surface area contributed by atoms with E-state index in [0.29, 0.717) is 58.1 Å². The Morgan fingerprint density at radius 1 is 0.567 bits per heavy atom. The highest BCUT2D eigenvalue weighted by molar-refractivity contribution is 8.00. The van der Waals surface area contributed by atoms with Gasteiger partial charge in [-0.2, -0.15) is 0 Å². The maximum absolute atomic E-state index is 14.3. The van der Waals surface area contributed by atoms with Crippen LogP contribution >= 0.6 is 11.8 Å². The van der Waals surface area contributed by atoms with E-state index in [1.54, 1.807) is 5.56 Å². The molecule has 1 aromatic carbocycles. The van der Waals surface area contributed by atoms with Crippen LogP contribution in [0.3, 0.4) is 0 Å². The van der Waals surface area contributed by atoms with Crippen molar-refractivity contribution in [1.29, 1.82) is 0 Å². The average Bonchev–Trinajstić information content (AvgIpc) is 4.10. The van der Waals surface area contributed by atoms with Gasteiger partial charge < -0.3 is 36.0 Å². The lowest BCUT2D eigenvalue weighted by Crippen LogP contribution is -2.55. The topological polar surface area (TPSA) is 95.2 Å². The van der Waals surface area contributed by atoms with Crippen molar-refractivity contribution in [3.8, 4) is 0 Å². The van der Waals surface area contributed by atoms with Crippen LogP contribution in [-0.2, 0) is 9.59 Å². The molecule has 5 aliphatic heterocycles. The lowest BCUT2D eigenvalue weighted by molar-refractivity contribution is -0.139. The first-order chi connectivity index (χ1) is 32.9. The van der Waals surface area contributed by atoms with E-state index in [9.17, 15) is 9.59 Å². The normalized spacial score (nSPS) is 36.1. The molecule has 0 bridgehead atoms. The van der Waals surface area contributed by atoms with E-state index >= 15 is 0 Å². The van der Waals surface area contributed by atoms with Crippen LogP contribution in [0, 0.1) is 41.9 Å². The molecular weight excluding hydrogens is 849 g/mol. The molecule has 8 fully saturated rings. The van der Waals surface area contributed by atoms with E-state index < -0.39 is 0 Å². The lowest BCUT2D eigenvalue weighted by Gasteiger charge is -2.48. The van der Waals surface area contributed by atoms with Gasteiger partial charge in [-0.25, -0.2) is 0 Å². The van der Waals surface area contributed by atoms with Crippen molar-refractivity contribution >= 4 is 23.6 Å². The number of thioether (sulfide) groups is 1. The molecule has 5 aliphatic carbocycles. The Hall–Kier alpha value is -3.19. The molecule has 4 saturated carbocycles. The molecule has 10 aliphatic rings. The van der Waals surface area contributed by atoms with Crippen molar-refractivity contribution in [2.75, 3.05) is 105 Å². The minimum atomic E-state index is 0.0584. The van der Waals surface area contributed by atoms with Gasteiger partial charge in [-0.1, -0.05) is 67.3 Å². The molecule has 4 N–H and O–H groups in total. The first kappa shape index (κ1) is 47.5. The maximum Gasteiger partial charge on any atom is 0.225 e. The fraction of sp³-hybridized carbons (Fsp3) is 0.661. The molecule has 11 rings (SSSR count). The number of allylic oxidation sites excluding steroid dienone is 9. The highest BCUT2D eigenvalue weighted by Crippen LogP contribution is 2.60. The van der Waals surface area contributed by atoms with Crippen LogP contribution in [0.2, 0.25) is 0 Å². The van der Waals surface area contributed by atoms with Crippen LogP contribution in [-0.4, -0.2) is 147 Å². The van der Waals surface area contributed by atoms with Gasteiger partial charge >= 0.3 is 0 Å². The number of benzene rings is 1. The predicted octanol–water partition coefficient (Wildman–Crippen LogP) is 6.73. The highest BCUT2D eigenvalue weighted by atomic mass is 32.2. The third-order valence-corrected chi connectivity index (χ3v) is 19.4. The van der Waals surface area contributed by atoms with E-state index in [2.05, 4.69) is 70.8 Å². The number of nitrogens with zero attached hydrogens (tertiary/aromatic N) is 4. The number of carbonyl (C=O) groups is 2. The summed E-state index contributed by atoms with van der Waals surface area (Å²) in [6.45, 7) is 20.4. The van der Waals surface area contributed by atoms with Gasteiger partial charge in [-0.15, -0.1) is 11.8 Å². The van der Waals surface area contributed by atoms with E-state index in [0.717, 1.165) is 137 Å². The van der Waals surface area contributed by atoms with Crippen molar-refractivity contribution in [2.24, 2.45) is 35.5 Å². The molecule has 10 nitrogen and oxygen atoms in total. The van der Waals surface area contributed by atoms with Gasteiger partial charge in [0.15, 0.2) is 0 Å². The minimum Gasteiger partial charge on any atom is -0.373 e. The zero-order valence-electron chi connectivity index (χ0n) is 40.4. The number of rotatable bonds is 8. The smallest absolute Gasteiger partial charge is 0.225 e. The molecule has 5 heterocycles. The molecule has 4 saturated heterocycles. The maximum atomic E-state index is 14.3. The quantitative estimate of drug-likeness (QED) is 0.227. The Bertz CT molecular complexity index is 1930. The minimum absolute atomic E-state index is 0.0584. The molecule has 9 atom stereocenters. The summed E-state index contributed by atoms with van der Waals surface area (Å²) >= 11 is 2.16. The first-order valence-electron chi connectivity index (χ1n) is 26.8. The standard InChI is InChI=1S/C47H72N8O2S.C9H9/c1-32(52-16-8-48-9-17-52)35-24-36(26-38(25-35)45(56)53-18-10-49-11-19-53)33-2-4-43-41(30-33)42-31-34(3-5-44(42)58-43)37-27-39(46(57)54-20-12-50-13-21-54)29-40(28-37)47(6-7-47)55-22-14-51-15-23-55;1-2-4-6-8-9-7-5-3-1/h2,4,30,34-40,42,44,48-51H,1,3,5-29,31H2;1-9H/b;2-1-,5-3-,6-4-,9-7-. The van der Waals surface area contributed by atoms with Gasteiger partial charge in [-0.05, 0) is 123 Å². The summed E-state index contributed by atoms with van der Waals surface area (Å²) in [5, 5.41) is 14.7. The number of amides is 2. The summed E-state index contributed by atoms with van der Waals surface area (Å²) in [5.41, 5.74) is 4.67. The number of hydrogen-bond donors (Lipinski definition) is 4. The number of hydrogen-bond acceptors (Lipinski definition) is 9. The van der Waals surface area contributed by atoms with Crippen molar-refractivity contribution in [1.82, 2.24) is 40.9 Å². The number of nitrogens with one attached hydrogen (secondary N) is 4. The van der Waals surface area contributed by atoms with Crippen molar-refractivity contribution in [3.63, 3.8) is 0 Å². The fourth-order valence-electron chi connectivity index (χ4n) is 14.2. The summed E-state index contributed by atoms with van der Waals surface area (Å²) in [4.78, 5) is 39.7. The summed E-state index contributed by atoms with van der Waals surface area (Å²) in [5.74, 6) is 4.37. The molecule has 363 valence electrons. The van der Waals surface area contributed by atoms with Crippen molar-refractivity contribution in [3.05, 3.63) is 96.6 Å². The average molecular weight is 930 g/mol. The third-order valence-electron chi connectivity index (χ3n) is 17.9. The van der Waals surface area contributed by atoms with Gasteiger partial charge in [0.05, 0.1) is 0 Å². The summed E-state index contributed by atoms with van der Waals surface area (Å²) in [6, 6.07) is 7.54. The van der Waals surface area contributed by atoms with E-state index in [1.807, 2.05) is 55.0 Å². The molecule has 2 amide bonds. The van der Waals surface area contributed by atoms with E-state index in [1.165, 1.54) is 54.7 Å². The third kappa shape index (κ3) is 11.1. The van der Waals surface area contributed by atoms with Gasteiger partial charge in [0.1, 0.15) is 0 Å². The second-order valence-electron chi connectivity index (χ2n) is 21.7. The van der Waals surface area contributed by atoms with Crippen LogP contribution in [0.1, 0.15) is 93.6 Å². The van der Waals surface area contributed by atoms with Gasteiger partial charge in [0.2, 0.25) is 11.8 Å². The Labute approximate surface area is 407 Å². The van der Waals surface area contributed by atoms with Crippen LogP contribution in [0.4, 0.5) is 0 Å². The number of fused-ring (bicyclic) bond motifs is 3.